The lowest BCUT2D eigenvalue weighted by atomic mass is 10.2. The molecule has 0 saturated carbocycles. The number of anilines is 3. The number of para-hydroxylation sites is 1. The van der Waals surface area contributed by atoms with Crippen LogP contribution in [0.3, 0.4) is 0 Å². The van der Waals surface area contributed by atoms with Crippen LogP contribution in [0, 0.1) is 6.92 Å². The van der Waals surface area contributed by atoms with Crippen molar-refractivity contribution in [1.82, 2.24) is 19.9 Å². The zero-order valence-electron chi connectivity index (χ0n) is 17.3. The zero-order chi connectivity index (χ0) is 21.2. The van der Waals surface area contributed by atoms with Crippen molar-refractivity contribution in [2.45, 2.75) is 6.92 Å². The lowest BCUT2D eigenvalue weighted by Gasteiger charge is -2.36. The number of rotatable bonds is 4. The Morgan fingerprint density at radius 2 is 1.71 bits per heavy atom. The highest BCUT2D eigenvalue weighted by atomic mass is 16.5. The summed E-state index contributed by atoms with van der Waals surface area (Å²) in [6, 6.07) is 15.8. The highest BCUT2D eigenvalue weighted by molar-refractivity contribution is 5.85. The molecule has 0 amide bonds. The molecule has 3 aromatic heterocycles. The van der Waals surface area contributed by atoms with Crippen LogP contribution in [0.1, 0.15) is 5.69 Å². The normalized spacial score (nSPS) is 14.1. The molecule has 0 atom stereocenters. The molecule has 0 unspecified atom stereocenters. The molecule has 0 radical (unpaired) electrons. The minimum absolute atomic E-state index is 0.341. The van der Waals surface area contributed by atoms with E-state index in [0.717, 1.165) is 48.6 Å². The van der Waals surface area contributed by atoms with Gasteiger partial charge in [-0.2, -0.15) is 4.98 Å². The maximum atomic E-state index is 6.44. The molecule has 1 aromatic carbocycles. The van der Waals surface area contributed by atoms with E-state index in [1.54, 1.807) is 0 Å². The number of pyridine rings is 2. The number of nitrogens with zero attached hydrogens (tertiary/aromatic N) is 6. The van der Waals surface area contributed by atoms with Gasteiger partial charge in [0.25, 0.3) is 0 Å². The predicted molar refractivity (Wildman–Crippen MR) is 122 cm³/mol. The summed E-state index contributed by atoms with van der Waals surface area (Å²) in [5.41, 5.74) is 8.58. The maximum absolute atomic E-state index is 6.44. The number of hydrogen-bond donors (Lipinski definition) is 1. The van der Waals surface area contributed by atoms with Gasteiger partial charge in [0.05, 0.1) is 0 Å². The van der Waals surface area contributed by atoms with Crippen molar-refractivity contribution in [1.29, 1.82) is 0 Å². The lowest BCUT2D eigenvalue weighted by Crippen LogP contribution is -2.47. The van der Waals surface area contributed by atoms with Crippen molar-refractivity contribution in [3.8, 4) is 11.6 Å². The minimum atomic E-state index is 0.341. The number of fused-ring (bicyclic) bond motifs is 1. The quantitative estimate of drug-likeness (QED) is 0.544. The van der Waals surface area contributed by atoms with E-state index in [9.17, 15) is 0 Å². The topological polar surface area (TPSA) is 93.3 Å². The molecule has 4 heterocycles. The van der Waals surface area contributed by atoms with Gasteiger partial charge in [-0.15, -0.1) is 0 Å². The molecule has 1 fully saturated rings. The number of aryl methyl sites for hydroxylation is 1. The number of nitrogen functional groups attached to an aromatic ring is 1. The summed E-state index contributed by atoms with van der Waals surface area (Å²) in [4.78, 5) is 22.2. The summed E-state index contributed by atoms with van der Waals surface area (Å²) >= 11 is 0. The Bertz CT molecular complexity index is 1210. The standard InChI is InChI=1S/C23H23N7O/c1-16-8-9-17-5-4-6-18(21(17)28-16)31-23-20(24)22(26-15-27-23)30-13-11-29(12-14-30)19-7-2-3-10-25-19/h2-10,15H,11-14,24H2,1H3. The van der Waals surface area contributed by atoms with Gasteiger partial charge in [-0.3, -0.25) is 0 Å². The third kappa shape index (κ3) is 3.79. The third-order valence-electron chi connectivity index (χ3n) is 5.41. The number of hydrogen-bond acceptors (Lipinski definition) is 8. The van der Waals surface area contributed by atoms with Gasteiger partial charge in [-0.05, 0) is 31.2 Å². The van der Waals surface area contributed by atoms with Gasteiger partial charge < -0.3 is 20.3 Å². The fourth-order valence-electron chi connectivity index (χ4n) is 3.80. The Labute approximate surface area is 180 Å². The van der Waals surface area contributed by atoms with Crippen molar-refractivity contribution < 1.29 is 4.74 Å². The van der Waals surface area contributed by atoms with Crippen molar-refractivity contribution in [2.24, 2.45) is 0 Å². The van der Waals surface area contributed by atoms with Crippen LogP contribution < -0.4 is 20.3 Å². The number of ether oxygens (including phenoxy) is 1. The fourth-order valence-corrected chi connectivity index (χ4v) is 3.80. The molecule has 5 rings (SSSR count). The minimum Gasteiger partial charge on any atom is -0.435 e. The van der Waals surface area contributed by atoms with Gasteiger partial charge in [0.15, 0.2) is 11.6 Å². The second-order valence-corrected chi connectivity index (χ2v) is 7.46. The average Bonchev–Trinajstić information content (AvgIpc) is 2.81. The first-order valence-corrected chi connectivity index (χ1v) is 10.2. The summed E-state index contributed by atoms with van der Waals surface area (Å²) < 4.78 is 6.11. The molecule has 0 bridgehead atoms. The van der Waals surface area contributed by atoms with E-state index in [1.165, 1.54) is 6.33 Å². The van der Waals surface area contributed by atoms with Gasteiger partial charge >= 0.3 is 0 Å². The second kappa shape index (κ2) is 8.06. The van der Waals surface area contributed by atoms with Crippen LogP contribution in [0.25, 0.3) is 10.9 Å². The van der Waals surface area contributed by atoms with Crippen molar-refractivity contribution >= 4 is 28.2 Å². The molecular weight excluding hydrogens is 390 g/mol. The number of benzene rings is 1. The van der Waals surface area contributed by atoms with Gasteiger partial charge in [0, 0.05) is 43.5 Å². The highest BCUT2D eigenvalue weighted by Gasteiger charge is 2.23. The van der Waals surface area contributed by atoms with E-state index in [2.05, 4.69) is 29.7 Å². The average molecular weight is 413 g/mol. The van der Waals surface area contributed by atoms with E-state index >= 15 is 0 Å². The van der Waals surface area contributed by atoms with Crippen LogP contribution in [0.4, 0.5) is 17.3 Å². The van der Waals surface area contributed by atoms with Gasteiger partial charge in [-0.25, -0.2) is 15.0 Å². The second-order valence-electron chi connectivity index (χ2n) is 7.46. The zero-order valence-corrected chi connectivity index (χ0v) is 17.3. The van der Waals surface area contributed by atoms with Crippen LogP contribution in [0.2, 0.25) is 0 Å². The monoisotopic (exact) mass is 413 g/mol. The summed E-state index contributed by atoms with van der Waals surface area (Å²) in [6.07, 6.45) is 3.31. The summed E-state index contributed by atoms with van der Waals surface area (Å²) in [5.74, 6) is 2.64. The van der Waals surface area contributed by atoms with Crippen molar-refractivity contribution in [3.63, 3.8) is 0 Å². The molecule has 1 saturated heterocycles. The molecular formula is C23H23N7O. The maximum Gasteiger partial charge on any atom is 0.248 e. The molecule has 4 aromatic rings. The first-order valence-electron chi connectivity index (χ1n) is 10.2. The van der Waals surface area contributed by atoms with Gasteiger partial charge in [0.1, 0.15) is 23.3 Å². The van der Waals surface area contributed by atoms with Crippen LogP contribution >= 0.6 is 0 Å². The smallest absolute Gasteiger partial charge is 0.248 e. The Hall–Kier alpha value is -3.94. The van der Waals surface area contributed by atoms with E-state index < -0.39 is 0 Å². The first-order chi connectivity index (χ1) is 15.2. The Kier molecular flexibility index (Phi) is 4.95. The summed E-state index contributed by atoms with van der Waals surface area (Å²) in [6.45, 7) is 5.20. The molecule has 1 aliphatic rings. The Balaban J connectivity index is 1.37. The molecule has 156 valence electrons. The van der Waals surface area contributed by atoms with E-state index in [4.69, 9.17) is 10.5 Å². The molecule has 1 aliphatic heterocycles. The SMILES string of the molecule is Cc1ccc2cccc(Oc3ncnc(N4CCN(c5ccccn5)CC4)c3N)c2n1. The van der Waals surface area contributed by atoms with Gasteiger partial charge in [0.2, 0.25) is 5.88 Å². The Morgan fingerprint density at radius 3 is 2.52 bits per heavy atom. The van der Waals surface area contributed by atoms with Crippen molar-refractivity contribution in [2.75, 3.05) is 41.7 Å². The summed E-state index contributed by atoms with van der Waals surface area (Å²) in [7, 11) is 0. The largest absolute Gasteiger partial charge is 0.435 e. The predicted octanol–water partition coefficient (Wildman–Crippen LogP) is 3.43. The molecule has 8 nitrogen and oxygen atoms in total. The van der Waals surface area contributed by atoms with Crippen LogP contribution in [0.5, 0.6) is 11.6 Å². The van der Waals surface area contributed by atoms with Crippen molar-refractivity contribution in [3.05, 3.63) is 66.7 Å². The van der Waals surface area contributed by atoms with Crippen LogP contribution in [-0.4, -0.2) is 46.1 Å². The number of nitrogens with two attached hydrogens (primary N) is 1. The molecule has 8 heteroatoms. The van der Waals surface area contributed by atoms with Crippen LogP contribution in [0.15, 0.2) is 61.1 Å². The third-order valence-corrected chi connectivity index (χ3v) is 5.41. The van der Waals surface area contributed by atoms with Gasteiger partial charge in [-0.1, -0.05) is 24.3 Å². The number of piperazine rings is 1. The summed E-state index contributed by atoms with van der Waals surface area (Å²) in [5, 5.41) is 1.00. The Morgan fingerprint density at radius 1 is 0.871 bits per heavy atom. The van der Waals surface area contributed by atoms with E-state index in [0.29, 0.717) is 23.1 Å². The lowest BCUT2D eigenvalue weighted by molar-refractivity contribution is 0.468. The molecule has 31 heavy (non-hydrogen) atoms. The molecule has 0 aliphatic carbocycles. The van der Waals surface area contributed by atoms with Crippen LogP contribution in [-0.2, 0) is 0 Å². The van der Waals surface area contributed by atoms with E-state index in [1.807, 2.05) is 61.7 Å². The molecule has 2 N–H and O–H groups in total. The first kappa shape index (κ1) is 19.0. The number of aromatic nitrogens is 4. The fraction of sp³-hybridized carbons (Fsp3) is 0.217. The molecule has 0 spiro atoms. The highest BCUT2D eigenvalue weighted by Crippen LogP contribution is 2.34. The van der Waals surface area contributed by atoms with E-state index in [-0.39, 0.29) is 0 Å².